The van der Waals surface area contributed by atoms with Crippen LogP contribution in [-0.2, 0) is 4.79 Å². The number of carboxylic acids is 1. The molecule has 112 valence electrons. The summed E-state index contributed by atoms with van der Waals surface area (Å²) < 4.78 is 12.9. The van der Waals surface area contributed by atoms with Crippen molar-refractivity contribution in [3.8, 4) is 0 Å². The van der Waals surface area contributed by atoms with Crippen molar-refractivity contribution < 1.29 is 19.4 Å². The largest absolute Gasteiger partial charge is 0.481 e. The minimum absolute atomic E-state index is 0.184. The summed E-state index contributed by atoms with van der Waals surface area (Å²) in [6.45, 7) is 4.78. The molecule has 0 aliphatic carbocycles. The number of carbonyl (C=O) groups is 1. The first kappa shape index (κ1) is 16.6. The van der Waals surface area contributed by atoms with Gasteiger partial charge in [-0.3, -0.25) is 4.79 Å². The number of carboxylic acid groups (broad SMARTS) is 1. The summed E-state index contributed by atoms with van der Waals surface area (Å²) in [5.41, 5.74) is 0.509. The molecule has 1 aromatic carbocycles. The molecule has 0 saturated carbocycles. The van der Waals surface area contributed by atoms with Crippen molar-refractivity contribution in [1.82, 2.24) is 5.32 Å². The smallest absolute Gasteiger partial charge is 0.305 e. The van der Waals surface area contributed by atoms with Crippen LogP contribution < -0.4 is 5.32 Å². The fourth-order valence-electron chi connectivity index (χ4n) is 1.93. The molecule has 2 atom stereocenters. The van der Waals surface area contributed by atoms with Gasteiger partial charge in [-0.15, -0.1) is 0 Å². The van der Waals surface area contributed by atoms with Crippen molar-refractivity contribution in [3.05, 3.63) is 35.6 Å². The van der Waals surface area contributed by atoms with Crippen molar-refractivity contribution >= 4 is 5.97 Å². The van der Waals surface area contributed by atoms with Gasteiger partial charge in [-0.2, -0.15) is 0 Å². The molecule has 0 saturated heterocycles. The Labute approximate surface area is 118 Å². The van der Waals surface area contributed by atoms with Gasteiger partial charge >= 0.3 is 5.97 Å². The fraction of sp³-hybridized carbons (Fsp3) is 0.533. The molecule has 0 aliphatic heterocycles. The maximum atomic E-state index is 12.9. The van der Waals surface area contributed by atoms with E-state index in [0.717, 1.165) is 6.42 Å². The SMILES string of the molecule is CC(C)CCNC(CC(=O)O)C(O)c1ccc(F)cc1. The highest BCUT2D eigenvalue weighted by molar-refractivity contribution is 5.67. The Bertz CT molecular complexity index is 420. The number of benzene rings is 1. The molecule has 0 aliphatic rings. The van der Waals surface area contributed by atoms with Crippen LogP contribution in [0.5, 0.6) is 0 Å². The van der Waals surface area contributed by atoms with E-state index in [0.29, 0.717) is 18.0 Å². The molecule has 3 N–H and O–H groups in total. The summed E-state index contributed by atoms with van der Waals surface area (Å²) in [4.78, 5) is 10.9. The standard InChI is InChI=1S/C15H22FNO3/c1-10(2)7-8-17-13(9-14(18)19)15(20)11-3-5-12(16)6-4-11/h3-6,10,13,15,17,20H,7-9H2,1-2H3,(H,18,19). The molecular formula is C15H22FNO3. The normalized spacial score (nSPS) is 14.2. The van der Waals surface area contributed by atoms with Crippen LogP contribution in [0.2, 0.25) is 0 Å². The zero-order valence-electron chi connectivity index (χ0n) is 11.8. The van der Waals surface area contributed by atoms with Gasteiger partial charge < -0.3 is 15.5 Å². The summed E-state index contributed by atoms with van der Waals surface area (Å²) in [5, 5.41) is 22.2. The molecule has 5 heteroatoms. The molecule has 0 aromatic heterocycles. The number of rotatable bonds is 8. The molecule has 0 heterocycles. The number of aliphatic hydroxyl groups is 1. The zero-order valence-corrected chi connectivity index (χ0v) is 11.8. The van der Waals surface area contributed by atoms with Crippen LogP contribution in [0.25, 0.3) is 0 Å². The third kappa shape index (κ3) is 5.67. The van der Waals surface area contributed by atoms with Crippen LogP contribution in [0.15, 0.2) is 24.3 Å². The predicted molar refractivity (Wildman–Crippen MR) is 74.9 cm³/mol. The van der Waals surface area contributed by atoms with E-state index >= 15 is 0 Å². The van der Waals surface area contributed by atoms with Crippen molar-refractivity contribution in [2.45, 2.75) is 38.8 Å². The summed E-state index contributed by atoms with van der Waals surface area (Å²) in [5.74, 6) is -0.868. The predicted octanol–water partition coefficient (Wildman–Crippen LogP) is 2.34. The fourth-order valence-corrected chi connectivity index (χ4v) is 1.93. The van der Waals surface area contributed by atoms with Gasteiger partial charge in [-0.1, -0.05) is 26.0 Å². The molecule has 0 amide bonds. The van der Waals surface area contributed by atoms with Gasteiger partial charge in [0.1, 0.15) is 5.82 Å². The minimum Gasteiger partial charge on any atom is -0.481 e. The molecule has 0 fully saturated rings. The average Bonchev–Trinajstić information content (AvgIpc) is 2.37. The number of aliphatic hydroxyl groups excluding tert-OH is 1. The second kappa shape index (κ2) is 7.97. The van der Waals surface area contributed by atoms with Gasteiger partial charge in [0.25, 0.3) is 0 Å². The number of aliphatic carboxylic acids is 1. The number of halogens is 1. The Morgan fingerprint density at radius 2 is 1.90 bits per heavy atom. The van der Waals surface area contributed by atoms with Gasteiger partial charge in [0.05, 0.1) is 12.5 Å². The van der Waals surface area contributed by atoms with E-state index in [1.54, 1.807) is 0 Å². The van der Waals surface area contributed by atoms with Crippen molar-refractivity contribution in [2.75, 3.05) is 6.54 Å². The molecule has 4 nitrogen and oxygen atoms in total. The Morgan fingerprint density at radius 1 is 1.30 bits per heavy atom. The maximum Gasteiger partial charge on any atom is 0.305 e. The monoisotopic (exact) mass is 283 g/mol. The zero-order chi connectivity index (χ0) is 15.1. The van der Waals surface area contributed by atoms with Crippen LogP contribution in [0.1, 0.15) is 38.4 Å². The van der Waals surface area contributed by atoms with Crippen LogP contribution in [0.3, 0.4) is 0 Å². The van der Waals surface area contributed by atoms with E-state index in [4.69, 9.17) is 5.11 Å². The lowest BCUT2D eigenvalue weighted by molar-refractivity contribution is -0.138. The number of nitrogens with one attached hydrogen (secondary N) is 1. The Hall–Kier alpha value is -1.46. The minimum atomic E-state index is -0.979. The van der Waals surface area contributed by atoms with Crippen LogP contribution >= 0.6 is 0 Å². The highest BCUT2D eigenvalue weighted by Gasteiger charge is 2.23. The molecule has 2 unspecified atom stereocenters. The Balaban J connectivity index is 2.70. The van der Waals surface area contributed by atoms with E-state index in [-0.39, 0.29) is 12.2 Å². The summed E-state index contributed by atoms with van der Waals surface area (Å²) >= 11 is 0. The third-order valence-corrected chi connectivity index (χ3v) is 3.12. The summed E-state index contributed by atoms with van der Waals surface area (Å²) in [6.07, 6.45) is -0.262. The molecule has 1 aromatic rings. The van der Waals surface area contributed by atoms with Crippen LogP contribution in [0, 0.1) is 11.7 Å². The third-order valence-electron chi connectivity index (χ3n) is 3.12. The van der Waals surface area contributed by atoms with Crippen LogP contribution in [0.4, 0.5) is 4.39 Å². The quantitative estimate of drug-likeness (QED) is 0.685. The molecule has 20 heavy (non-hydrogen) atoms. The summed E-state index contributed by atoms with van der Waals surface area (Å²) in [7, 11) is 0. The lowest BCUT2D eigenvalue weighted by atomic mass is 9.99. The molecule has 1 rings (SSSR count). The Morgan fingerprint density at radius 3 is 2.40 bits per heavy atom. The van der Waals surface area contributed by atoms with Crippen molar-refractivity contribution in [1.29, 1.82) is 0 Å². The maximum absolute atomic E-state index is 12.9. The number of hydrogen-bond acceptors (Lipinski definition) is 3. The Kier molecular flexibility index (Phi) is 6.61. The van der Waals surface area contributed by atoms with Crippen LogP contribution in [-0.4, -0.2) is 28.8 Å². The second-order valence-electron chi connectivity index (χ2n) is 5.34. The second-order valence-corrected chi connectivity index (χ2v) is 5.34. The number of hydrogen-bond donors (Lipinski definition) is 3. The molecular weight excluding hydrogens is 261 g/mol. The molecule has 0 bridgehead atoms. The van der Waals surface area contributed by atoms with Gasteiger partial charge in [0, 0.05) is 6.04 Å². The van der Waals surface area contributed by atoms with E-state index in [9.17, 15) is 14.3 Å². The van der Waals surface area contributed by atoms with Crippen molar-refractivity contribution in [2.24, 2.45) is 5.92 Å². The first-order chi connectivity index (χ1) is 9.40. The first-order valence-electron chi connectivity index (χ1n) is 6.79. The topological polar surface area (TPSA) is 69.6 Å². The van der Waals surface area contributed by atoms with E-state index < -0.39 is 18.1 Å². The lowest BCUT2D eigenvalue weighted by Gasteiger charge is -2.23. The van der Waals surface area contributed by atoms with Gasteiger partial charge in [0.15, 0.2) is 0 Å². The first-order valence-corrected chi connectivity index (χ1v) is 6.79. The summed E-state index contributed by atoms with van der Waals surface area (Å²) in [6, 6.07) is 4.86. The van der Waals surface area contributed by atoms with E-state index in [2.05, 4.69) is 19.2 Å². The van der Waals surface area contributed by atoms with E-state index in [1.165, 1.54) is 24.3 Å². The van der Waals surface area contributed by atoms with Crippen molar-refractivity contribution in [3.63, 3.8) is 0 Å². The van der Waals surface area contributed by atoms with Gasteiger partial charge in [0.2, 0.25) is 0 Å². The van der Waals surface area contributed by atoms with Gasteiger partial charge in [-0.05, 0) is 36.6 Å². The average molecular weight is 283 g/mol. The van der Waals surface area contributed by atoms with E-state index in [1.807, 2.05) is 0 Å². The molecule has 0 spiro atoms. The highest BCUT2D eigenvalue weighted by Crippen LogP contribution is 2.19. The highest BCUT2D eigenvalue weighted by atomic mass is 19.1. The lowest BCUT2D eigenvalue weighted by Crippen LogP contribution is -2.37. The van der Waals surface area contributed by atoms with Gasteiger partial charge in [-0.25, -0.2) is 4.39 Å². The molecule has 0 radical (unpaired) electrons.